The van der Waals surface area contributed by atoms with Gasteiger partial charge >= 0.3 is 0 Å². The van der Waals surface area contributed by atoms with Crippen molar-refractivity contribution in [2.75, 3.05) is 13.1 Å². The van der Waals surface area contributed by atoms with Crippen LogP contribution in [0.4, 0.5) is 0 Å². The van der Waals surface area contributed by atoms with Gasteiger partial charge in [0.1, 0.15) is 0 Å². The molecule has 0 aromatic carbocycles. The van der Waals surface area contributed by atoms with Crippen molar-refractivity contribution in [3.8, 4) is 11.4 Å². The number of pyridine rings is 1. The van der Waals surface area contributed by atoms with Crippen molar-refractivity contribution in [1.82, 2.24) is 20.4 Å². The maximum absolute atomic E-state index is 5.29. The summed E-state index contributed by atoms with van der Waals surface area (Å²) in [4.78, 5) is 8.51. The quantitative estimate of drug-likeness (QED) is 0.940. The van der Waals surface area contributed by atoms with Gasteiger partial charge in [-0.05, 0) is 47.4 Å². The van der Waals surface area contributed by atoms with Crippen LogP contribution in [-0.4, -0.2) is 28.2 Å². The monoisotopic (exact) mass is 308 g/mol. The molecular weight excluding hydrogens is 296 g/mol. The van der Waals surface area contributed by atoms with Crippen LogP contribution in [0.1, 0.15) is 12.3 Å². The molecule has 1 aliphatic rings. The van der Waals surface area contributed by atoms with Gasteiger partial charge in [0.15, 0.2) is 0 Å². The van der Waals surface area contributed by atoms with Gasteiger partial charge in [0, 0.05) is 28.9 Å². The van der Waals surface area contributed by atoms with Gasteiger partial charge < -0.3 is 9.84 Å². The van der Waals surface area contributed by atoms with E-state index in [1.165, 1.54) is 6.42 Å². The standard InChI is InChI=1S/C12H13BrN4O/c13-10-4-9(6-15-7-10)12-16-11(18-17-12)3-8-1-2-14-5-8/h4,6-8,14H,1-3,5H2. The van der Waals surface area contributed by atoms with Crippen molar-refractivity contribution in [3.05, 3.63) is 28.8 Å². The molecule has 0 spiro atoms. The summed E-state index contributed by atoms with van der Waals surface area (Å²) in [5, 5.41) is 7.33. The van der Waals surface area contributed by atoms with E-state index in [-0.39, 0.29) is 0 Å². The SMILES string of the molecule is Brc1cncc(-c2noc(CC3CCNC3)n2)c1. The molecule has 94 valence electrons. The van der Waals surface area contributed by atoms with E-state index in [4.69, 9.17) is 4.52 Å². The highest BCUT2D eigenvalue weighted by molar-refractivity contribution is 9.10. The molecule has 1 aliphatic heterocycles. The molecule has 6 heteroatoms. The van der Waals surface area contributed by atoms with Crippen LogP contribution in [0.25, 0.3) is 11.4 Å². The summed E-state index contributed by atoms with van der Waals surface area (Å²) in [6.07, 6.45) is 5.49. The van der Waals surface area contributed by atoms with E-state index >= 15 is 0 Å². The molecule has 1 atom stereocenters. The molecule has 0 aliphatic carbocycles. The Labute approximate surface area is 113 Å². The third-order valence-electron chi connectivity index (χ3n) is 3.06. The molecule has 0 amide bonds. The van der Waals surface area contributed by atoms with E-state index < -0.39 is 0 Å². The minimum Gasteiger partial charge on any atom is -0.339 e. The number of aromatic nitrogens is 3. The predicted octanol–water partition coefficient (Wildman–Crippen LogP) is 2.05. The van der Waals surface area contributed by atoms with Gasteiger partial charge in [-0.15, -0.1) is 0 Å². The summed E-state index contributed by atoms with van der Waals surface area (Å²) in [5.41, 5.74) is 0.865. The number of rotatable bonds is 3. The minimum atomic E-state index is 0.602. The van der Waals surface area contributed by atoms with Crippen LogP contribution >= 0.6 is 15.9 Å². The van der Waals surface area contributed by atoms with Crippen LogP contribution < -0.4 is 5.32 Å². The van der Waals surface area contributed by atoms with E-state index in [9.17, 15) is 0 Å². The number of nitrogens with one attached hydrogen (secondary N) is 1. The first-order valence-electron chi connectivity index (χ1n) is 5.95. The summed E-state index contributed by atoms with van der Waals surface area (Å²) in [6.45, 7) is 2.12. The average Bonchev–Trinajstić information content (AvgIpc) is 3.01. The zero-order valence-corrected chi connectivity index (χ0v) is 11.4. The topological polar surface area (TPSA) is 63.8 Å². The van der Waals surface area contributed by atoms with E-state index in [2.05, 4.69) is 36.4 Å². The third-order valence-corrected chi connectivity index (χ3v) is 3.49. The molecule has 1 saturated heterocycles. The predicted molar refractivity (Wildman–Crippen MR) is 69.9 cm³/mol. The highest BCUT2D eigenvalue weighted by atomic mass is 79.9. The van der Waals surface area contributed by atoms with Gasteiger partial charge in [-0.3, -0.25) is 4.98 Å². The first kappa shape index (κ1) is 11.8. The zero-order valence-electron chi connectivity index (χ0n) is 9.77. The van der Waals surface area contributed by atoms with Crippen LogP contribution in [0, 0.1) is 5.92 Å². The van der Waals surface area contributed by atoms with Gasteiger partial charge in [-0.1, -0.05) is 5.16 Å². The smallest absolute Gasteiger partial charge is 0.227 e. The first-order chi connectivity index (χ1) is 8.81. The fourth-order valence-electron chi connectivity index (χ4n) is 2.12. The first-order valence-corrected chi connectivity index (χ1v) is 6.75. The van der Waals surface area contributed by atoms with Gasteiger partial charge in [-0.25, -0.2) is 0 Å². The Hall–Kier alpha value is -1.27. The van der Waals surface area contributed by atoms with E-state index in [0.717, 1.165) is 29.5 Å². The number of hydrogen-bond donors (Lipinski definition) is 1. The zero-order chi connectivity index (χ0) is 12.4. The Morgan fingerprint density at radius 1 is 1.44 bits per heavy atom. The lowest BCUT2D eigenvalue weighted by Crippen LogP contribution is -2.10. The Bertz CT molecular complexity index is 536. The summed E-state index contributed by atoms with van der Waals surface area (Å²) >= 11 is 3.38. The normalized spacial score (nSPS) is 19.3. The molecule has 1 fully saturated rings. The average molecular weight is 309 g/mol. The van der Waals surface area contributed by atoms with Crippen LogP contribution in [0.2, 0.25) is 0 Å². The molecule has 2 aromatic heterocycles. The van der Waals surface area contributed by atoms with E-state index in [1.54, 1.807) is 12.4 Å². The van der Waals surface area contributed by atoms with Gasteiger partial charge in [0.05, 0.1) is 0 Å². The van der Waals surface area contributed by atoms with Crippen LogP contribution in [-0.2, 0) is 6.42 Å². The molecule has 2 aromatic rings. The molecular formula is C12H13BrN4O. The Kier molecular flexibility index (Phi) is 3.38. The van der Waals surface area contributed by atoms with Crippen molar-refractivity contribution >= 4 is 15.9 Å². The maximum Gasteiger partial charge on any atom is 0.227 e. The molecule has 0 saturated carbocycles. The fourth-order valence-corrected chi connectivity index (χ4v) is 2.49. The molecule has 3 heterocycles. The summed E-state index contributed by atoms with van der Waals surface area (Å²) in [6, 6.07) is 1.93. The lowest BCUT2D eigenvalue weighted by Gasteiger charge is -2.01. The molecule has 3 rings (SSSR count). The van der Waals surface area contributed by atoms with Crippen molar-refractivity contribution in [2.24, 2.45) is 5.92 Å². The molecule has 0 radical (unpaired) electrons. The Morgan fingerprint density at radius 3 is 3.17 bits per heavy atom. The van der Waals surface area contributed by atoms with Crippen molar-refractivity contribution in [1.29, 1.82) is 0 Å². The molecule has 5 nitrogen and oxygen atoms in total. The number of nitrogens with zero attached hydrogens (tertiary/aromatic N) is 3. The Balaban J connectivity index is 1.76. The van der Waals surface area contributed by atoms with Crippen molar-refractivity contribution in [3.63, 3.8) is 0 Å². The molecule has 1 N–H and O–H groups in total. The van der Waals surface area contributed by atoms with E-state index in [0.29, 0.717) is 17.6 Å². The number of halogens is 1. The van der Waals surface area contributed by atoms with Crippen LogP contribution in [0.15, 0.2) is 27.5 Å². The van der Waals surface area contributed by atoms with Gasteiger partial charge in [0.25, 0.3) is 0 Å². The summed E-state index contributed by atoms with van der Waals surface area (Å²) in [7, 11) is 0. The van der Waals surface area contributed by atoms with Crippen LogP contribution in [0.3, 0.4) is 0 Å². The van der Waals surface area contributed by atoms with E-state index in [1.807, 2.05) is 6.07 Å². The second-order valence-corrected chi connectivity index (χ2v) is 5.38. The van der Waals surface area contributed by atoms with Gasteiger partial charge in [0.2, 0.25) is 11.7 Å². The second-order valence-electron chi connectivity index (χ2n) is 4.47. The summed E-state index contributed by atoms with van der Waals surface area (Å²) in [5.74, 6) is 1.92. The maximum atomic E-state index is 5.29. The minimum absolute atomic E-state index is 0.602. The highest BCUT2D eigenvalue weighted by Gasteiger charge is 2.18. The molecule has 18 heavy (non-hydrogen) atoms. The lowest BCUT2D eigenvalue weighted by atomic mass is 10.1. The van der Waals surface area contributed by atoms with Crippen molar-refractivity contribution < 1.29 is 4.52 Å². The molecule has 1 unspecified atom stereocenters. The second kappa shape index (κ2) is 5.16. The van der Waals surface area contributed by atoms with Crippen molar-refractivity contribution in [2.45, 2.75) is 12.8 Å². The summed E-state index contributed by atoms with van der Waals surface area (Å²) < 4.78 is 6.20. The van der Waals surface area contributed by atoms with Gasteiger partial charge in [-0.2, -0.15) is 4.98 Å². The lowest BCUT2D eigenvalue weighted by molar-refractivity contribution is 0.358. The Morgan fingerprint density at radius 2 is 2.39 bits per heavy atom. The fraction of sp³-hybridized carbons (Fsp3) is 0.417. The largest absolute Gasteiger partial charge is 0.339 e. The van der Waals surface area contributed by atoms with Crippen LogP contribution in [0.5, 0.6) is 0 Å². The third kappa shape index (κ3) is 2.59. The number of hydrogen-bond acceptors (Lipinski definition) is 5. The highest BCUT2D eigenvalue weighted by Crippen LogP contribution is 2.20. The molecule has 0 bridgehead atoms.